The minimum absolute atomic E-state index is 0. The molecule has 0 fully saturated rings. The van der Waals surface area contributed by atoms with Crippen LogP contribution in [0.3, 0.4) is 0 Å². The van der Waals surface area contributed by atoms with Crippen molar-refractivity contribution >= 4 is 11.9 Å². The van der Waals surface area contributed by atoms with Gasteiger partial charge in [-0.1, -0.05) is 6.92 Å². The number of nitrogens with zero attached hydrogens (tertiary/aromatic N) is 1. The van der Waals surface area contributed by atoms with Crippen molar-refractivity contribution in [1.82, 2.24) is 0 Å². The summed E-state index contributed by atoms with van der Waals surface area (Å²) in [6, 6.07) is 0. The van der Waals surface area contributed by atoms with Crippen molar-refractivity contribution in [3.05, 3.63) is 10.1 Å². The molecule has 3 N–H and O–H groups in total. The number of aliphatic carboxylic acids is 2. The first-order valence-electron chi connectivity index (χ1n) is 3.55. The molecule has 0 aliphatic heterocycles. The Morgan fingerprint density at radius 2 is 1.73 bits per heavy atom. The molecular weight excluding hydrogens is 287 g/mol. The van der Waals surface area contributed by atoms with Crippen molar-refractivity contribution in [2.24, 2.45) is 5.92 Å². The summed E-state index contributed by atoms with van der Waals surface area (Å²) in [5, 5.41) is 30.1. The number of carboxylic acids is 2. The van der Waals surface area contributed by atoms with Gasteiger partial charge in [0.25, 0.3) is 5.09 Å². The molecule has 0 saturated heterocycles. The van der Waals surface area contributed by atoms with Gasteiger partial charge in [-0.05, 0) is 6.42 Å². The molecule has 9 heteroatoms. The van der Waals surface area contributed by atoms with Gasteiger partial charge >= 0.3 is 11.9 Å². The number of carboxylic acid groups (broad SMARTS) is 2. The van der Waals surface area contributed by atoms with E-state index >= 15 is 0 Å². The van der Waals surface area contributed by atoms with Gasteiger partial charge in [0.2, 0.25) is 0 Å². The molecule has 0 aromatic carbocycles. The summed E-state index contributed by atoms with van der Waals surface area (Å²) in [6.45, 7) is 1.49. The van der Waals surface area contributed by atoms with Crippen LogP contribution in [0.2, 0.25) is 0 Å². The average molecular weight is 298 g/mol. The van der Waals surface area contributed by atoms with Crippen LogP contribution in [0.1, 0.15) is 19.8 Å². The molecule has 1 radical (unpaired) electrons. The number of hydrogen-bond acceptors (Lipinski definition) is 4. The van der Waals surface area contributed by atoms with Gasteiger partial charge in [-0.15, -0.1) is 10.1 Å². The first-order valence-corrected chi connectivity index (χ1v) is 3.55. The third-order valence-electron chi connectivity index (χ3n) is 1.21. The van der Waals surface area contributed by atoms with E-state index in [9.17, 15) is 9.59 Å². The average Bonchev–Trinajstić information content (AvgIpc) is 1.98. The number of carbonyl (C=O) groups is 2. The molecule has 1 unspecified atom stereocenters. The zero-order valence-corrected chi connectivity index (χ0v) is 10.8. The summed E-state index contributed by atoms with van der Waals surface area (Å²) in [6.07, 6.45) is 0.123. The molecule has 0 aromatic heterocycles. The fraction of sp³-hybridized carbons (Fsp3) is 0.667. The van der Waals surface area contributed by atoms with Crippen molar-refractivity contribution in [1.29, 1.82) is 0 Å². The molecule has 1 atom stereocenters. The van der Waals surface area contributed by atoms with Crippen LogP contribution in [-0.4, -0.2) is 32.4 Å². The van der Waals surface area contributed by atoms with E-state index in [2.05, 4.69) is 0 Å². The maximum atomic E-state index is 10.1. The molecule has 0 heterocycles. The topological polar surface area (TPSA) is 138 Å². The van der Waals surface area contributed by atoms with Crippen LogP contribution in [0.4, 0.5) is 0 Å². The standard InChI is InChI=1S/C6H10O4.HNO3.Y/c1-4(6(9)10)2-3-5(7)8;2-1(3)4;/h4H,2-3H2,1H3,(H,7,8)(H,9,10);(H,2,3,4);. The Balaban J connectivity index is -0.000000249. The predicted octanol–water partition coefficient (Wildman–Crippen LogP) is 0.222. The van der Waals surface area contributed by atoms with Crippen molar-refractivity contribution in [2.45, 2.75) is 19.8 Å². The number of hydrogen-bond donors (Lipinski definition) is 3. The van der Waals surface area contributed by atoms with E-state index in [-0.39, 0.29) is 45.6 Å². The summed E-state index contributed by atoms with van der Waals surface area (Å²) in [5.41, 5.74) is 0. The zero-order chi connectivity index (χ0) is 11.7. The van der Waals surface area contributed by atoms with Crippen LogP contribution in [-0.2, 0) is 42.3 Å². The van der Waals surface area contributed by atoms with Gasteiger partial charge in [0.1, 0.15) is 0 Å². The van der Waals surface area contributed by atoms with Crippen LogP contribution in [0.5, 0.6) is 0 Å². The Morgan fingerprint density at radius 1 is 1.40 bits per heavy atom. The Labute approximate surface area is 110 Å². The molecule has 0 saturated carbocycles. The van der Waals surface area contributed by atoms with Crippen LogP contribution in [0.25, 0.3) is 0 Å². The molecule has 0 aliphatic carbocycles. The molecule has 85 valence electrons. The normalized spacial score (nSPS) is 9.93. The molecule has 0 bridgehead atoms. The van der Waals surface area contributed by atoms with E-state index in [1.165, 1.54) is 6.92 Å². The maximum Gasteiger partial charge on any atom is 0.306 e. The van der Waals surface area contributed by atoms with E-state index in [1.807, 2.05) is 0 Å². The quantitative estimate of drug-likeness (QED) is 0.498. The smallest absolute Gasteiger partial charge is 0.306 e. The second-order valence-electron chi connectivity index (χ2n) is 2.41. The molecule has 15 heavy (non-hydrogen) atoms. The Kier molecular flexibility index (Phi) is 14.9. The van der Waals surface area contributed by atoms with Gasteiger partial charge in [-0.2, -0.15) is 0 Å². The van der Waals surface area contributed by atoms with Crippen LogP contribution in [0.15, 0.2) is 0 Å². The summed E-state index contributed by atoms with van der Waals surface area (Å²) < 4.78 is 0. The van der Waals surface area contributed by atoms with E-state index in [0.717, 1.165) is 0 Å². The first-order chi connectivity index (χ1) is 6.27. The second kappa shape index (κ2) is 11.3. The molecule has 0 amide bonds. The Hall–Kier alpha value is -0.756. The molecule has 8 nitrogen and oxygen atoms in total. The van der Waals surface area contributed by atoms with Gasteiger partial charge in [0, 0.05) is 39.1 Å². The summed E-state index contributed by atoms with van der Waals surface area (Å²) in [5.74, 6) is -2.45. The van der Waals surface area contributed by atoms with Gasteiger partial charge < -0.3 is 15.4 Å². The van der Waals surface area contributed by atoms with Crippen LogP contribution < -0.4 is 0 Å². The van der Waals surface area contributed by atoms with Crippen LogP contribution >= 0.6 is 0 Å². The molecular formula is C6H11NO7Y. The third-order valence-corrected chi connectivity index (χ3v) is 1.21. The molecule has 0 rings (SSSR count). The largest absolute Gasteiger partial charge is 0.481 e. The monoisotopic (exact) mass is 298 g/mol. The number of rotatable bonds is 4. The van der Waals surface area contributed by atoms with Crippen molar-refractivity contribution < 1.29 is 62.8 Å². The Morgan fingerprint density at radius 3 is 1.93 bits per heavy atom. The molecule has 0 aliphatic rings. The predicted molar refractivity (Wildman–Crippen MR) is 42.5 cm³/mol. The minimum Gasteiger partial charge on any atom is -0.481 e. The fourth-order valence-corrected chi connectivity index (χ4v) is 0.463. The zero-order valence-electron chi connectivity index (χ0n) is 7.99. The SMILES string of the molecule is CC(CCC(=O)O)C(=O)O.O=[N+]([O-])O.[Y]. The summed E-state index contributed by atoms with van der Waals surface area (Å²) in [4.78, 5) is 28.4. The summed E-state index contributed by atoms with van der Waals surface area (Å²) in [7, 11) is 0. The fourth-order valence-electron chi connectivity index (χ4n) is 0.463. The Bertz CT molecular complexity index is 216. The van der Waals surface area contributed by atoms with Crippen molar-refractivity contribution in [3.8, 4) is 0 Å². The van der Waals surface area contributed by atoms with Crippen LogP contribution in [0, 0.1) is 16.0 Å². The molecule has 0 spiro atoms. The van der Waals surface area contributed by atoms with Crippen molar-refractivity contribution in [2.75, 3.05) is 0 Å². The molecule has 0 aromatic rings. The van der Waals surface area contributed by atoms with E-state index < -0.39 is 22.9 Å². The maximum absolute atomic E-state index is 10.1. The van der Waals surface area contributed by atoms with E-state index in [4.69, 9.17) is 25.5 Å². The van der Waals surface area contributed by atoms with Gasteiger partial charge in [0.05, 0.1) is 5.92 Å². The summed E-state index contributed by atoms with van der Waals surface area (Å²) >= 11 is 0. The third kappa shape index (κ3) is 24.6. The van der Waals surface area contributed by atoms with Gasteiger partial charge in [0.15, 0.2) is 0 Å². The minimum atomic E-state index is -1.50. The van der Waals surface area contributed by atoms with E-state index in [1.54, 1.807) is 0 Å². The van der Waals surface area contributed by atoms with E-state index in [0.29, 0.717) is 0 Å². The van der Waals surface area contributed by atoms with Crippen molar-refractivity contribution in [3.63, 3.8) is 0 Å². The first kappa shape index (κ1) is 19.8. The van der Waals surface area contributed by atoms with Gasteiger partial charge in [-0.25, -0.2) is 0 Å². The second-order valence-corrected chi connectivity index (χ2v) is 2.41. The van der Waals surface area contributed by atoms with Gasteiger partial charge in [-0.3, -0.25) is 9.59 Å².